The van der Waals surface area contributed by atoms with Gasteiger partial charge in [0.2, 0.25) is 0 Å². The fraction of sp³-hybridized carbons (Fsp3) is 0.235. The van der Waals surface area contributed by atoms with Crippen LogP contribution in [0.15, 0.2) is 47.5 Å². The highest BCUT2D eigenvalue weighted by molar-refractivity contribution is 6.31. The quantitative estimate of drug-likeness (QED) is 0.872. The summed E-state index contributed by atoms with van der Waals surface area (Å²) in [6.07, 6.45) is 0. The summed E-state index contributed by atoms with van der Waals surface area (Å²) in [4.78, 5) is 6.67. The van der Waals surface area contributed by atoms with Gasteiger partial charge in [0.05, 0.1) is 12.5 Å². The highest BCUT2D eigenvalue weighted by atomic mass is 35.5. The number of fused-ring (bicyclic) bond motifs is 1. The Bertz CT molecular complexity index is 710. The van der Waals surface area contributed by atoms with E-state index in [1.165, 1.54) is 0 Å². The van der Waals surface area contributed by atoms with E-state index in [1.807, 2.05) is 55.4 Å². The standard InChI is InChI=1S/C17H17ClN2O/c1-20(2)17-16(12-7-3-4-8-13(12)18)15-11(10-19-17)6-5-9-14(15)21/h3-9,16,21H,10H2,1-2H3. The number of amidine groups is 1. The van der Waals surface area contributed by atoms with E-state index < -0.39 is 0 Å². The van der Waals surface area contributed by atoms with Gasteiger partial charge in [-0.25, -0.2) is 0 Å². The Hall–Kier alpha value is -2.00. The number of likely N-dealkylation sites (N-methyl/N-ethyl adjacent to an activating group) is 1. The first-order valence-electron chi connectivity index (χ1n) is 6.86. The van der Waals surface area contributed by atoms with Crippen molar-refractivity contribution in [2.24, 2.45) is 4.99 Å². The van der Waals surface area contributed by atoms with Gasteiger partial charge in [-0.1, -0.05) is 41.9 Å². The lowest BCUT2D eigenvalue weighted by Crippen LogP contribution is -2.32. The van der Waals surface area contributed by atoms with E-state index in [-0.39, 0.29) is 5.92 Å². The van der Waals surface area contributed by atoms with Gasteiger partial charge in [0.25, 0.3) is 0 Å². The van der Waals surface area contributed by atoms with Crippen LogP contribution in [0.2, 0.25) is 5.02 Å². The van der Waals surface area contributed by atoms with Crippen molar-refractivity contribution in [2.45, 2.75) is 12.5 Å². The number of hydrogen-bond acceptors (Lipinski definition) is 3. The second-order valence-electron chi connectivity index (χ2n) is 5.37. The maximum Gasteiger partial charge on any atom is 0.120 e. The third-order valence-electron chi connectivity index (χ3n) is 3.81. The third kappa shape index (κ3) is 2.38. The molecule has 4 heteroatoms. The van der Waals surface area contributed by atoms with E-state index in [9.17, 15) is 5.11 Å². The number of hydrogen-bond donors (Lipinski definition) is 1. The van der Waals surface area contributed by atoms with Crippen LogP contribution in [0, 0.1) is 0 Å². The molecule has 3 nitrogen and oxygen atoms in total. The summed E-state index contributed by atoms with van der Waals surface area (Å²) < 4.78 is 0. The van der Waals surface area contributed by atoms with Crippen LogP contribution in [0.1, 0.15) is 22.6 Å². The first-order chi connectivity index (χ1) is 10.1. The molecule has 0 radical (unpaired) electrons. The summed E-state index contributed by atoms with van der Waals surface area (Å²) in [6.45, 7) is 0.582. The summed E-state index contributed by atoms with van der Waals surface area (Å²) in [5.41, 5.74) is 2.92. The van der Waals surface area contributed by atoms with E-state index in [2.05, 4.69) is 4.99 Å². The molecular weight excluding hydrogens is 284 g/mol. The van der Waals surface area contributed by atoms with E-state index in [0.29, 0.717) is 17.3 Å². The molecule has 0 bridgehead atoms. The lowest BCUT2D eigenvalue weighted by Gasteiger charge is -2.31. The van der Waals surface area contributed by atoms with Gasteiger partial charge in [-0.05, 0) is 23.3 Å². The zero-order chi connectivity index (χ0) is 15.0. The third-order valence-corrected chi connectivity index (χ3v) is 4.15. The lowest BCUT2D eigenvalue weighted by molar-refractivity contribution is 0.464. The Kier molecular flexibility index (Phi) is 3.60. The molecule has 108 valence electrons. The van der Waals surface area contributed by atoms with Crippen molar-refractivity contribution >= 4 is 17.4 Å². The highest BCUT2D eigenvalue weighted by Gasteiger charge is 2.31. The van der Waals surface area contributed by atoms with Crippen molar-refractivity contribution < 1.29 is 5.11 Å². The van der Waals surface area contributed by atoms with Crippen molar-refractivity contribution in [2.75, 3.05) is 14.1 Å². The predicted molar refractivity (Wildman–Crippen MR) is 86.2 cm³/mol. The van der Waals surface area contributed by atoms with E-state index in [1.54, 1.807) is 6.07 Å². The molecule has 1 heterocycles. The average Bonchev–Trinajstić information content (AvgIpc) is 2.47. The van der Waals surface area contributed by atoms with Gasteiger partial charge in [0.15, 0.2) is 0 Å². The van der Waals surface area contributed by atoms with Gasteiger partial charge < -0.3 is 10.0 Å². The van der Waals surface area contributed by atoms with Crippen molar-refractivity contribution in [3.63, 3.8) is 0 Å². The molecule has 1 aliphatic rings. The summed E-state index contributed by atoms with van der Waals surface area (Å²) in [5.74, 6) is 1.07. The molecule has 0 spiro atoms. The number of phenolic OH excluding ortho intramolecular Hbond substituents is 1. The molecule has 0 fully saturated rings. The normalized spacial score (nSPS) is 17.1. The largest absolute Gasteiger partial charge is 0.508 e. The molecule has 1 unspecified atom stereocenters. The molecule has 0 saturated heterocycles. The van der Waals surface area contributed by atoms with Crippen LogP contribution in [0.5, 0.6) is 5.75 Å². The van der Waals surface area contributed by atoms with Crippen LogP contribution in [0.4, 0.5) is 0 Å². The van der Waals surface area contributed by atoms with Crippen molar-refractivity contribution in [1.82, 2.24) is 4.90 Å². The van der Waals surface area contributed by atoms with Crippen LogP contribution in [-0.4, -0.2) is 29.9 Å². The maximum atomic E-state index is 10.4. The molecule has 0 amide bonds. The number of benzene rings is 2. The molecule has 3 rings (SSSR count). The number of phenols is 1. The number of aliphatic imine (C=N–C) groups is 1. The average molecular weight is 301 g/mol. The minimum Gasteiger partial charge on any atom is -0.508 e. The molecule has 21 heavy (non-hydrogen) atoms. The Labute approximate surface area is 129 Å². The Morgan fingerprint density at radius 3 is 2.62 bits per heavy atom. The van der Waals surface area contributed by atoms with E-state index >= 15 is 0 Å². The van der Waals surface area contributed by atoms with Crippen LogP contribution >= 0.6 is 11.6 Å². The highest BCUT2D eigenvalue weighted by Crippen LogP contribution is 2.40. The smallest absolute Gasteiger partial charge is 0.120 e. The molecule has 2 aromatic carbocycles. The van der Waals surface area contributed by atoms with Gasteiger partial charge in [0.1, 0.15) is 11.6 Å². The van der Waals surface area contributed by atoms with E-state index in [4.69, 9.17) is 11.6 Å². The first kappa shape index (κ1) is 14.0. The molecule has 1 atom stereocenters. The summed E-state index contributed by atoms with van der Waals surface area (Å²) >= 11 is 6.39. The molecule has 0 saturated carbocycles. The molecule has 0 aliphatic carbocycles. The Morgan fingerprint density at radius 1 is 1.14 bits per heavy atom. The monoisotopic (exact) mass is 300 g/mol. The van der Waals surface area contributed by atoms with Crippen LogP contribution in [0.3, 0.4) is 0 Å². The topological polar surface area (TPSA) is 35.8 Å². The lowest BCUT2D eigenvalue weighted by atomic mass is 9.84. The van der Waals surface area contributed by atoms with Crippen molar-refractivity contribution in [3.05, 3.63) is 64.2 Å². The fourth-order valence-electron chi connectivity index (χ4n) is 2.86. The number of nitrogens with zero attached hydrogens (tertiary/aromatic N) is 2. The number of aromatic hydroxyl groups is 1. The van der Waals surface area contributed by atoms with Crippen molar-refractivity contribution in [1.29, 1.82) is 0 Å². The van der Waals surface area contributed by atoms with Crippen LogP contribution in [-0.2, 0) is 6.54 Å². The zero-order valence-electron chi connectivity index (χ0n) is 12.0. The molecule has 1 N–H and O–H groups in total. The Balaban J connectivity index is 2.24. The summed E-state index contributed by atoms with van der Waals surface area (Å²) in [7, 11) is 3.93. The second kappa shape index (κ2) is 5.41. The van der Waals surface area contributed by atoms with Gasteiger partial charge in [-0.15, -0.1) is 0 Å². The fourth-order valence-corrected chi connectivity index (χ4v) is 3.11. The van der Waals surface area contributed by atoms with Crippen LogP contribution in [0.25, 0.3) is 0 Å². The van der Waals surface area contributed by atoms with Gasteiger partial charge in [-0.3, -0.25) is 4.99 Å². The van der Waals surface area contributed by atoms with Gasteiger partial charge >= 0.3 is 0 Å². The molecule has 0 aromatic heterocycles. The minimum absolute atomic E-state index is 0.140. The van der Waals surface area contributed by atoms with Crippen molar-refractivity contribution in [3.8, 4) is 5.75 Å². The summed E-state index contributed by atoms with van der Waals surface area (Å²) in [6, 6.07) is 13.3. The maximum absolute atomic E-state index is 10.4. The first-order valence-corrected chi connectivity index (χ1v) is 7.24. The van der Waals surface area contributed by atoms with E-state index in [0.717, 1.165) is 22.5 Å². The number of rotatable bonds is 1. The SMILES string of the molecule is CN(C)C1=NCc2cccc(O)c2C1c1ccccc1Cl. The Morgan fingerprint density at radius 2 is 1.90 bits per heavy atom. The second-order valence-corrected chi connectivity index (χ2v) is 5.78. The number of halogens is 1. The zero-order valence-corrected chi connectivity index (χ0v) is 12.8. The van der Waals surface area contributed by atoms with Gasteiger partial charge in [-0.2, -0.15) is 0 Å². The molecular formula is C17H17ClN2O. The van der Waals surface area contributed by atoms with Gasteiger partial charge in [0, 0.05) is 24.7 Å². The summed E-state index contributed by atoms with van der Waals surface area (Å²) in [5, 5.41) is 11.1. The van der Waals surface area contributed by atoms with Crippen LogP contribution < -0.4 is 0 Å². The minimum atomic E-state index is -0.140. The molecule has 2 aromatic rings. The predicted octanol–water partition coefficient (Wildman–Crippen LogP) is 3.65. The molecule has 1 aliphatic heterocycles.